The maximum absolute atomic E-state index is 12.3. The van der Waals surface area contributed by atoms with Crippen molar-refractivity contribution < 1.29 is 29.3 Å². The number of hydrogen-bond donors (Lipinski definition) is 3. The molecule has 0 radical (unpaired) electrons. The van der Waals surface area contributed by atoms with Crippen molar-refractivity contribution in [3.8, 4) is 11.8 Å². The van der Waals surface area contributed by atoms with Crippen LogP contribution in [0.25, 0.3) is 10.4 Å². The summed E-state index contributed by atoms with van der Waals surface area (Å²) >= 11 is 0. The second-order valence-corrected chi connectivity index (χ2v) is 13.9. The molecular weight excluding hydrogens is 656 g/mol. The zero-order valence-corrected chi connectivity index (χ0v) is 30.2. The van der Waals surface area contributed by atoms with Gasteiger partial charge < -0.3 is 20.3 Å². The van der Waals surface area contributed by atoms with E-state index in [1.54, 1.807) is 46.8 Å². The quantitative estimate of drug-likeness (QED) is 0.134. The van der Waals surface area contributed by atoms with Gasteiger partial charge in [0.2, 0.25) is 0 Å². The van der Waals surface area contributed by atoms with E-state index in [9.17, 15) is 24.6 Å². The van der Waals surface area contributed by atoms with Gasteiger partial charge in [-0.25, -0.2) is 9.78 Å². The number of azide groups is 1. The molecule has 0 unspecified atom stereocenters. The Morgan fingerprint density at radius 1 is 0.804 bits per heavy atom. The summed E-state index contributed by atoms with van der Waals surface area (Å²) in [7, 11) is 0. The van der Waals surface area contributed by atoms with Crippen molar-refractivity contribution in [1.29, 1.82) is 0 Å². The summed E-state index contributed by atoms with van der Waals surface area (Å²) < 4.78 is 5.35. The van der Waals surface area contributed by atoms with Gasteiger partial charge in [0.05, 0.1) is 36.6 Å². The molecule has 3 heterocycles. The molecule has 1 aliphatic rings. The number of carbonyl (C=O) groups is 3. The van der Waals surface area contributed by atoms with Gasteiger partial charge in [0.1, 0.15) is 11.3 Å². The molecule has 3 rings (SSSR count). The number of carboxylic acids is 2. The van der Waals surface area contributed by atoms with Crippen LogP contribution in [0.5, 0.6) is 0 Å². The molecule has 0 bridgehead atoms. The Balaban J connectivity index is 1.76. The molecule has 1 fully saturated rings. The van der Waals surface area contributed by atoms with Gasteiger partial charge in [-0.05, 0) is 70.3 Å². The summed E-state index contributed by atoms with van der Waals surface area (Å²) in [5.41, 5.74) is 9.87. The predicted octanol–water partition coefficient (Wildman–Crippen LogP) is 3.03. The normalized spacial score (nSPS) is 16.0. The number of carboxylic acid groups (broad SMARTS) is 2. The standard InChI is InChI=1S/C35H50N10O6/c1-34(2,3)51-33(50)40-35(4,5)13-12-27-8-6-10-29(38-27)23-42-14-18-44(25-31(46)47)20-16-43(17-21-45(19-15-42)26-32(48)49)24-30-11-7-9-28(39-30)22-37-41-36/h6-11H,14-26H2,1-5H3,(H,40,50)(H,46,47)(H,48,49). The zero-order valence-electron chi connectivity index (χ0n) is 30.2. The van der Waals surface area contributed by atoms with Crippen LogP contribution in [0, 0.1) is 11.8 Å². The van der Waals surface area contributed by atoms with E-state index in [4.69, 9.17) is 15.3 Å². The van der Waals surface area contributed by atoms with Crippen LogP contribution >= 0.6 is 0 Å². The van der Waals surface area contributed by atoms with Crippen LogP contribution in [0.1, 0.15) is 57.4 Å². The number of rotatable bonds is 11. The van der Waals surface area contributed by atoms with Crippen molar-refractivity contribution in [2.24, 2.45) is 5.11 Å². The van der Waals surface area contributed by atoms with Gasteiger partial charge in [0.15, 0.2) is 0 Å². The highest BCUT2D eigenvalue weighted by Gasteiger charge is 2.23. The third-order valence-electron chi connectivity index (χ3n) is 7.70. The summed E-state index contributed by atoms with van der Waals surface area (Å²) in [4.78, 5) is 56.2. The van der Waals surface area contributed by atoms with Gasteiger partial charge in [-0.3, -0.25) is 34.2 Å². The van der Waals surface area contributed by atoms with Gasteiger partial charge in [0.25, 0.3) is 0 Å². The molecule has 2 aromatic rings. The van der Waals surface area contributed by atoms with Crippen LogP contribution in [-0.4, -0.2) is 134 Å². The minimum absolute atomic E-state index is 0.122. The molecule has 1 saturated heterocycles. The van der Waals surface area contributed by atoms with E-state index in [1.807, 2.05) is 34.1 Å². The molecule has 0 atom stereocenters. The zero-order chi connectivity index (χ0) is 37.4. The van der Waals surface area contributed by atoms with Crippen molar-refractivity contribution in [3.63, 3.8) is 0 Å². The lowest BCUT2D eigenvalue weighted by molar-refractivity contribution is -0.139. The Kier molecular flexibility index (Phi) is 15.6. The van der Waals surface area contributed by atoms with E-state index in [0.717, 1.165) is 11.4 Å². The summed E-state index contributed by atoms with van der Waals surface area (Å²) in [5, 5.41) is 25.7. The van der Waals surface area contributed by atoms with Gasteiger partial charge in [0, 0.05) is 76.1 Å². The number of nitrogens with one attached hydrogen (secondary N) is 1. The summed E-state index contributed by atoms with van der Waals surface area (Å²) in [6, 6.07) is 11.1. The fourth-order valence-corrected chi connectivity index (χ4v) is 5.31. The second-order valence-electron chi connectivity index (χ2n) is 13.9. The Labute approximate surface area is 299 Å². The van der Waals surface area contributed by atoms with Crippen molar-refractivity contribution in [1.82, 2.24) is 34.9 Å². The first-order valence-corrected chi connectivity index (χ1v) is 16.9. The van der Waals surface area contributed by atoms with Gasteiger partial charge >= 0.3 is 18.0 Å². The summed E-state index contributed by atoms with van der Waals surface area (Å²) in [5.74, 6) is 4.27. The minimum atomic E-state index is -0.919. The van der Waals surface area contributed by atoms with E-state index in [2.05, 4.69) is 42.0 Å². The van der Waals surface area contributed by atoms with Crippen LogP contribution in [0.2, 0.25) is 0 Å². The van der Waals surface area contributed by atoms with Gasteiger partial charge in [-0.15, -0.1) is 0 Å². The van der Waals surface area contributed by atoms with E-state index >= 15 is 0 Å². The molecule has 3 N–H and O–H groups in total. The van der Waals surface area contributed by atoms with Crippen LogP contribution in [0.4, 0.5) is 4.79 Å². The van der Waals surface area contributed by atoms with E-state index < -0.39 is 29.2 Å². The number of pyridine rings is 2. The predicted molar refractivity (Wildman–Crippen MR) is 190 cm³/mol. The number of carbonyl (C=O) groups excluding carboxylic acids is 1. The molecule has 1 aliphatic heterocycles. The molecule has 0 aliphatic carbocycles. The molecule has 16 heteroatoms. The SMILES string of the molecule is CC(C)(C#Cc1cccc(CN2CCN(CC(=O)O)CCN(Cc3cccc(CN=[N+]=[N-])n3)CCN(CC(=O)O)CC2)n1)NC(=O)OC(C)(C)C. The van der Waals surface area contributed by atoms with Crippen LogP contribution in [0.15, 0.2) is 41.5 Å². The van der Waals surface area contributed by atoms with Gasteiger partial charge in [-0.1, -0.05) is 23.2 Å². The Morgan fingerprint density at radius 2 is 1.27 bits per heavy atom. The summed E-state index contributed by atoms with van der Waals surface area (Å²) in [6.45, 7) is 13.8. The maximum Gasteiger partial charge on any atom is 0.408 e. The lowest BCUT2D eigenvalue weighted by Gasteiger charge is -2.33. The summed E-state index contributed by atoms with van der Waals surface area (Å²) in [6.07, 6.45) is -0.564. The van der Waals surface area contributed by atoms with Crippen LogP contribution in [-0.2, 0) is 34.0 Å². The highest BCUT2D eigenvalue weighted by molar-refractivity contribution is 5.70. The van der Waals surface area contributed by atoms with Crippen molar-refractivity contribution in [3.05, 3.63) is 69.6 Å². The number of ether oxygens (including phenoxy) is 1. The number of amides is 1. The Hall–Kier alpha value is -4.78. The molecule has 0 spiro atoms. The Morgan fingerprint density at radius 3 is 1.76 bits per heavy atom. The first-order valence-electron chi connectivity index (χ1n) is 16.9. The number of alkyl carbamates (subject to hydrolysis) is 1. The molecule has 1 amide bonds. The van der Waals surface area contributed by atoms with Crippen molar-refractivity contribution in [2.45, 2.75) is 65.4 Å². The average molecular weight is 707 g/mol. The highest BCUT2D eigenvalue weighted by atomic mass is 16.6. The third-order valence-corrected chi connectivity index (χ3v) is 7.70. The average Bonchev–Trinajstić information content (AvgIpc) is 3.03. The number of aliphatic carboxylic acids is 2. The number of hydrogen-bond acceptors (Lipinski definition) is 11. The molecule has 2 aromatic heterocycles. The minimum Gasteiger partial charge on any atom is -0.480 e. The highest BCUT2D eigenvalue weighted by Crippen LogP contribution is 2.11. The van der Waals surface area contributed by atoms with Crippen LogP contribution in [0.3, 0.4) is 0 Å². The topological polar surface area (TPSA) is 200 Å². The van der Waals surface area contributed by atoms with Crippen molar-refractivity contribution >= 4 is 18.0 Å². The van der Waals surface area contributed by atoms with Gasteiger partial charge in [-0.2, -0.15) is 0 Å². The first kappa shape index (κ1) is 40.6. The first-order chi connectivity index (χ1) is 24.1. The monoisotopic (exact) mass is 706 g/mol. The molecule has 16 nitrogen and oxygen atoms in total. The van der Waals surface area contributed by atoms with E-state index in [1.165, 1.54) is 0 Å². The fourth-order valence-electron chi connectivity index (χ4n) is 5.31. The smallest absolute Gasteiger partial charge is 0.408 e. The van der Waals surface area contributed by atoms with E-state index in [-0.39, 0.29) is 19.6 Å². The number of nitrogens with zero attached hydrogens (tertiary/aromatic N) is 9. The second kappa shape index (κ2) is 19.6. The van der Waals surface area contributed by atoms with Crippen LogP contribution < -0.4 is 5.32 Å². The molecule has 0 aromatic carbocycles. The maximum atomic E-state index is 12.3. The largest absolute Gasteiger partial charge is 0.480 e. The van der Waals surface area contributed by atoms with E-state index in [0.29, 0.717) is 76.8 Å². The molecular formula is C35H50N10O6. The molecule has 276 valence electrons. The number of aromatic nitrogens is 2. The third kappa shape index (κ3) is 16.7. The Bertz CT molecular complexity index is 1560. The fraction of sp³-hybridized carbons (Fsp3) is 0.571. The molecule has 0 saturated carbocycles. The van der Waals surface area contributed by atoms with Crippen molar-refractivity contribution in [2.75, 3.05) is 65.4 Å². The lowest BCUT2D eigenvalue weighted by atomic mass is 10.1. The lowest BCUT2D eigenvalue weighted by Crippen LogP contribution is -2.47. The molecule has 51 heavy (non-hydrogen) atoms.